The highest BCUT2D eigenvalue weighted by Gasteiger charge is 2.21. The van der Waals surface area contributed by atoms with Gasteiger partial charge in [0.15, 0.2) is 5.01 Å². The maximum absolute atomic E-state index is 12.7. The second-order valence-electron chi connectivity index (χ2n) is 5.02. The second-order valence-corrected chi connectivity index (χ2v) is 5.88. The largest absolute Gasteiger partial charge is 0.462 e. The van der Waals surface area contributed by atoms with Crippen LogP contribution in [0, 0.1) is 0 Å². The molecule has 0 aliphatic rings. The number of ketones is 1. The van der Waals surface area contributed by atoms with Crippen molar-refractivity contribution in [2.75, 3.05) is 7.11 Å². The fraction of sp³-hybridized carbons (Fsp3) is 0.0625. The first-order valence-electron chi connectivity index (χ1n) is 7.16. The first-order valence-corrected chi connectivity index (χ1v) is 8.04. The first-order chi connectivity index (χ1) is 12.2. The molecule has 3 aromatic heterocycles. The van der Waals surface area contributed by atoms with Crippen molar-refractivity contribution in [3.05, 3.63) is 52.3 Å². The van der Waals surface area contributed by atoms with E-state index in [1.165, 1.54) is 7.11 Å². The van der Waals surface area contributed by atoms with Crippen LogP contribution in [0.2, 0.25) is 0 Å². The van der Waals surface area contributed by atoms with Gasteiger partial charge in [-0.25, -0.2) is 9.78 Å². The van der Waals surface area contributed by atoms with Gasteiger partial charge >= 0.3 is 11.9 Å². The number of nitrogens with one attached hydrogen (secondary N) is 1. The molecule has 0 atom stereocenters. The fourth-order valence-electron chi connectivity index (χ4n) is 2.35. The highest BCUT2D eigenvalue weighted by Crippen LogP contribution is 2.25. The number of esters is 1. The van der Waals surface area contributed by atoms with Crippen molar-refractivity contribution in [2.24, 2.45) is 0 Å². The van der Waals surface area contributed by atoms with E-state index in [9.17, 15) is 9.59 Å². The monoisotopic (exact) mass is 354 g/mol. The molecule has 0 saturated carbocycles. The highest BCUT2D eigenvalue weighted by molar-refractivity contribution is 7.12. The minimum Gasteiger partial charge on any atom is -0.462 e. The smallest absolute Gasteiger partial charge is 0.396 e. The number of para-hydroxylation sites is 1. The van der Waals surface area contributed by atoms with Gasteiger partial charge in [0, 0.05) is 22.5 Å². The van der Waals surface area contributed by atoms with Crippen LogP contribution in [0.15, 0.2) is 40.3 Å². The second kappa shape index (κ2) is 5.95. The molecule has 0 amide bonds. The number of fused-ring (bicyclic) bond motifs is 1. The van der Waals surface area contributed by atoms with Crippen LogP contribution in [0.4, 0.5) is 0 Å². The first kappa shape index (κ1) is 15.2. The Morgan fingerprint density at radius 3 is 2.92 bits per heavy atom. The van der Waals surface area contributed by atoms with Gasteiger partial charge in [-0.2, -0.15) is 0 Å². The number of thiazole rings is 1. The number of aromatic nitrogens is 4. The quantitative estimate of drug-likeness (QED) is 0.443. The molecule has 4 rings (SSSR count). The summed E-state index contributed by atoms with van der Waals surface area (Å²) < 4.78 is 9.71. The van der Waals surface area contributed by atoms with Crippen molar-refractivity contribution in [1.82, 2.24) is 20.2 Å². The summed E-state index contributed by atoms with van der Waals surface area (Å²) >= 11 is 1.16. The Morgan fingerprint density at radius 1 is 1.24 bits per heavy atom. The molecule has 3 heterocycles. The van der Waals surface area contributed by atoms with Crippen LogP contribution in [0.1, 0.15) is 26.1 Å². The van der Waals surface area contributed by atoms with Crippen LogP contribution in [-0.4, -0.2) is 39.0 Å². The highest BCUT2D eigenvalue weighted by atomic mass is 32.1. The van der Waals surface area contributed by atoms with E-state index >= 15 is 0 Å². The number of nitrogens with zero attached hydrogens (tertiary/aromatic N) is 3. The van der Waals surface area contributed by atoms with Crippen LogP contribution in [0.25, 0.3) is 22.5 Å². The van der Waals surface area contributed by atoms with Gasteiger partial charge in [-0.1, -0.05) is 18.2 Å². The number of benzene rings is 1. The third kappa shape index (κ3) is 2.60. The van der Waals surface area contributed by atoms with Crippen LogP contribution >= 0.6 is 11.3 Å². The fourth-order valence-corrected chi connectivity index (χ4v) is 3.09. The normalized spacial score (nSPS) is 10.9. The lowest BCUT2D eigenvalue weighted by Crippen LogP contribution is -2.00. The molecule has 25 heavy (non-hydrogen) atoms. The predicted molar refractivity (Wildman–Crippen MR) is 88.5 cm³/mol. The van der Waals surface area contributed by atoms with E-state index in [4.69, 9.17) is 4.42 Å². The molecule has 1 N–H and O–H groups in total. The van der Waals surface area contributed by atoms with Gasteiger partial charge in [-0.15, -0.1) is 21.5 Å². The van der Waals surface area contributed by atoms with Crippen molar-refractivity contribution < 1.29 is 18.7 Å². The lowest BCUT2D eigenvalue weighted by atomic mass is 10.1. The van der Waals surface area contributed by atoms with Gasteiger partial charge in [0.2, 0.25) is 5.78 Å². The number of hydrogen-bond donors (Lipinski definition) is 1. The molecule has 4 aromatic rings. The lowest BCUT2D eigenvalue weighted by molar-refractivity contribution is 0.0556. The summed E-state index contributed by atoms with van der Waals surface area (Å²) in [6, 6.07) is 7.52. The maximum Gasteiger partial charge on any atom is 0.396 e. The van der Waals surface area contributed by atoms with Crippen molar-refractivity contribution in [3.8, 4) is 11.6 Å². The third-order valence-corrected chi connectivity index (χ3v) is 4.38. The molecule has 124 valence electrons. The molecular formula is C16H10N4O4S. The van der Waals surface area contributed by atoms with Crippen molar-refractivity contribution in [1.29, 1.82) is 0 Å². The Hall–Kier alpha value is -3.33. The number of H-pyrrole nitrogens is 1. The Labute approximate surface area is 144 Å². The molecule has 8 nitrogen and oxygen atoms in total. The minimum atomic E-state index is -0.732. The van der Waals surface area contributed by atoms with E-state index in [1.54, 1.807) is 11.6 Å². The minimum absolute atomic E-state index is 0.0506. The molecule has 0 aliphatic heterocycles. The average Bonchev–Trinajstić information content (AvgIpc) is 3.38. The van der Waals surface area contributed by atoms with Gasteiger partial charge < -0.3 is 14.1 Å². The van der Waals surface area contributed by atoms with E-state index in [2.05, 4.69) is 24.9 Å². The standard InChI is InChI=1S/C16H10N4O4S/c1-23-16(22)14-20-19-13(24-14)11-7-25-15(18-11)12(21)9-6-17-10-5-3-2-4-8(9)10/h2-7,17H,1H3. The molecule has 0 bridgehead atoms. The summed E-state index contributed by atoms with van der Waals surface area (Å²) in [5, 5.41) is 10.1. The molecule has 0 unspecified atom stereocenters. The van der Waals surface area contributed by atoms with Crippen LogP contribution in [0.5, 0.6) is 0 Å². The van der Waals surface area contributed by atoms with E-state index in [-0.39, 0.29) is 22.6 Å². The zero-order chi connectivity index (χ0) is 17.4. The Balaban J connectivity index is 1.66. The molecule has 0 aliphatic carbocycles. The molecular weight excluding hydrogens is 344 g/mol. The Morgan fingerprint density at radius 2 is 2.08 bits per heavy atom. The number of aromatic amines is 1. The summed E-state index contributed by atoms with van der Waals surface area (Å²) in [7, 11) is 1.22. The number of hydrogen-bond acceptors (Lipinski definition) is 8. The van der Waals surface area contributed by atoms with E-state index < -0.39 is 5.97 Å². The van der Waals surface area contributed by atoms with Gasteiger partial charge in [-0.3, -0.25) is 4.79 Å². The summed E-state index contributed by atoms with van der Waals surface area (Å²) in [4.78, 5) is 31.4. The van der Waals surface area contributed by atoms with Crippen LogP contribution in [0.3, 0.4) is 0 Å². The zero-order valence-corrected chi connectivity index (χ0v) is 13.7. The van der Waals surface area contributed by atoms with Gasteiger partial charge in [0.05, 0.1) is 12.7 Å². The lowest BCUT2D eigenvalue weighted by Gasteiger charge is -1.94. The third-order valence-electron chi connectivity index (χ3n) is 3.54. The average molecular weight is 354 g/mol. The summed E-state index contributed by atoms with van der Waals surface area (Å²) in [6.45, 7) is 0. The Bertz CT molecular complexity index is 1090. The molecule has 1 aromatic carbocycles. The van der Waals surface area contributed by atoms with Crippen molar-refractivity contribution in [3.63, 3.8) is 0 Å². The van der Waals surface area contributed by atoms with E-state index in [0.717, 1.165) is 22.2 Å². The van der Waals surface area contributed by atoms with Crippen molar-refractivity contribution in [2.45, 2.75) is 0 Å². The molecule has 0 fully saturated rings. The molecule has 9 heteroatoms. The topological polar surface area (TPSA) is 111 Å². The molecule has 0 spiro atoms. The van der Waals surface area contributed by atoms with Crippen molar-refractivity contribution >= 4 is 34.0 Å². The van der Waals surface area contributed by atoms with Gasteiger partial charge in [0.25, 0.3) is 5.89 Å². The number of carbonyl (C=O) groups is 2. The summed E-state index contributed by atoms with van der Waals surface area (Å²) in [5.41, 5.74) is 1.75. The summed E-state index contributed by atoms with van der Waals surface area (Å²) in [6.07, 6.45) is 1.66. The van der Waals surface area contributed by atoms with E-state index in [0.29, 0.717) is 11.3 Å². The number of ether oxygens (including phenoxy) is 1. The molecule has 0 radical (unpaired) electrons. The van der Waals surface area contributed by atoms with Crippen LogP contribution < -0.4 is 0 Å². The molecule has 0 saturated heterocycles. The van der Waals surface area contributed by atoms with Gasteiger partial charge in [0.1, 0.15) is 5.69 Å². The van der Waals surface area contributed by atoms with Crippen LogP contribution in [-0.2, 0) is 4.74 Å². The zero-order valence-electron chi connectivity index (χ0n) is 12.8. The number of carbonyl (C=O) groups excluding carboxylic acids is 2. The number of methoxy groups -OCH3 is 1. The summed E-state index contributed by atoms with van der Waals surface area (Å²) in [5.74, 6) is -1.16. The van der Waals surface area contributed by atoms with E-state index in [1.807, 2.05) is 24.3 Å². The Kier molecular flexibility index (Phi) is 3.62. The number of rotatable bonds is 4. The SMILES string of the molecule is COC(=O)c1nnc(-c2csc(C(=O)c3c[nH]c4ccccc34)n2)o1. The van der Waals surface area contributed by atoms with Gasteiger partial charge in [-0.05, 0) is 6.07 Å². The maximum atomic E-state index is 12.7. The predicted octanol–water partition coefficient (Wildman–Crippen LogP) is 2.69.